The lowest BCUT2D eigenvalue weighted by atomic mass is 10.1. The highest BCUT2D eigenvalue weighted by Crippen LogP contribution is 2.51. The van der Waals surface area contributed by atoms with E-state index in [9.17, 15) is 22.8 Å². The molecule has 1 N–H and O–H groups in total. The first-order valence-electron chi connectivity index (χ1n) is 7.00. The van der Waals surface area contributed by atoms with Crippen LogP contribution in [0.3, 0.4) is 0 Å². The number of hydrogen-bond acceptors (Lipinski definition) is 3. The van der Waals surface area contributed by atoms with E-state index in [1.165, 1.54) is 30.1 Å². The van der Waals surface area contributed by atoms with Gasteiger partial charge in [0.15, 0.2) is 0 Å². The summed E-state index contributed by atoms with van der Waals surface area (Å²) >= 11 is 0. The summed E-state index contributed by atoms with van der Waals surface area (Å²) in [4.78, 5) is 24.0. The molecular weight excluding hydrogens is 315 g/mol. The first kappa shape index (κ1) is 17.1. The number of halogens is 3. The molecule has 0 heterocycles. The van der Waals surface area contributed by atoms with Crippen molar-refractivity contribution >= 4 is 11.9 Å². The summed E-state index contributed by atoms with van der Waals surface area (Å²) in [5.74, 6) is -2.35. The van der Waals surface area contributed by atoms with E-state index in [1.54, 1.807) is 6.07 Å². The number of hydrogen-bond donors (Lipinski definition) is 1. The van der Waals surface area contributed by atoms with Gasteiger partial charge in [-0.15, -0.1) is 13.2 Å². The van der Waals surface area contributed by atoms with Gasteiger partial charge in [0.25, 0.3) is 0 Å². The second-order valence-corrected chi connectivity index (χ2v) is 5.44. The third-order valence-electron chi connectivity index (χ3n) is 3.69. The van der Waals surface area contributed by atoms with Crippen LogP contribution in [0.5, 0.6) is 5.75 Å². The van der Waals surface area contributed by atoms with Gasteiger partial charge in [0.1, 0.15) is 5.75 Å². The molecule has 0 radical (unpaired) electrons. The fourth-order valence-corrected chi connectivity index (χ4v) is 2.47. The Morgan fingerprint density at radius 3 is 2.61 bits per heavy atom. The molecule has 0 aromatic heterocycles. The van der Waals surface area contributed by atoms with Crippen LogP contribution in [-0.2, 0) is 9.59 Å². The van der Waals surface area contributed by atoms with Gasteiger partial charge in [0.2, 0.25) is 5.91 Å². The lowest BCUT2D eigenvalue weighted by Gasteiger charge is -2.17. The van der Waals surface area contributed by atoms with Crippen LogP contribution in [0.1, 0.15) is 24.3 Å². The first-order valence-corrected chi connectivity index (χ1v) is 7.00. The Hall–Kier alpha value is -2.25. The van der Waals surface area contributed by atoms with Crippen molar-refractivity contribution in [3.05, 3.63) is 29.8 Å². The van der Waals surface area contributed by atoms with Crippen molar-refractivity contribution in [2.75, 3.05) is 13.6 Å². The summed E-state index contributed by atoms with van der Waals surface area (Å²) in [5, 5.41) is 8.61. The molecular formula is C15H16F3NO4. The molecule has 1 aliphatic carbocycles. The van der Waals surface area contributed by atoms with Crippen LogP contribution in [0.2, 0.25) is 0 Å². The second kappa shape index (κ2) is 6.47. The molecule has 0 saturated heterocycles. The third-order valence-corrected chi connectivity index (χ3v) is 3.69. The van der Waals surface area contributed by atoms with Crippen molar-refractivity contribution < 1.29 is 32.6 Å². The number of ether oxygens (including phenoxy) is 1. The lowest BCUT2D eigenvalue weighted by Crippen LogP contribution is -2.30. The zero-order chi connectivity index (χ0) is 17.2. The highest BCUT2D eigenvalue weighted by Gasteiger charge is 2.47. The van der Waals surface area contributed by atoms with Crippen LogP contribution in [0.25, 0.3) is 0 Å². The summed E-state index contributed by atoms with van der Waals surface area (Å²) in [6.45, 7) is 0.0675. The van der Waals surface area contributed by atoms with Gasteiger partial charge in [-0.05, 0) is 24.0 Å². The Bertz CT molecular complexity index is 603. The highest BCUT2D eigenvalue weighted by atomic mass is 19.4. The average molecular weight is 331 g/mol. The monoisotopic (exact) mass is 331 g/mol. The van der Waals surface area contributed by atoms with Gasteiger partial charge in [0, 0.05) is 19.5 Å². The van der Waals surface area contributed by atoms with Gasteiger partial charge in [-0.3, -0.25) is 9.59 Å². The zero-order valence-corrected chi connectivity index (χ0v) is 12.3. The minimum Gasteiger partial charge on any atom is -0.481 e. The molecule has 0 bridgehead atoms. The molecule has 1 aliphatic rings. The Labute approximate surface area is 130 Å². The first-order chi connectivity index (χ1) is 10.7. The molecule has 0 spiro atoms. The van der Waals surface area contributed by atoms with E-state index >= 15 is 0 Å². The van der Waals surface area contributed by atoms with Crippen molar-refractivity contribution in [2.45, 2.75) is 25.1 Å². The van der Waals surface area contributed by atoms with Gasteiger partial charge in [0.05, 0.1) is 6.42 Å². The fraction of sp³-hybridized carbons (Fsp3) is 0.467. The summed E-state index contributed by atoms with van der Waals surface area (Å²) < 4.78 is 41.2. The molecule has 0 aliphatic heterocycles. The van der Waals surface area contributed by atoms with Gasteiger partial charge >= 0.3 is 12.3 Å². The largest absolute Gasteiger partial charge is 0.573 e. The van der Waals surface area contributed by atoms with Crippen molar-refractivity contribution in [3.63, 3.8) is 0 Å². The number of carbonyl (C=O) groups is 2. The number of carboxylic acids is 1. The van der Waals surface area contributed by atoms with E-state index in [4.69, 9.17) is 5.11 Å². The number of aliphatic carboxylic acids is 1. The predicted octanol–water partition coefficient (Wildman–Crippen LogP) is 2.62. The zero-order valence-electron chi connectivity index (χ0n) is 12.3. The number of para-hydroxylation sites is 1. The molecule has 5 nitrogen and oxygen atoms in total. The summed E-state index contributed by atoms with van der Waals surface area (Å²) in [7, 11) is 1.48. The van der Waals surface area contributed by atoms with Crippen molar-refractivity contribution in [1.29, 1.82) is 0 Å². The van der Waals surface area contributed by atoms with Crippen LogP contribution in [0.15, 0.2) is 24.3 Å². The molecule has 1 saturated carbocycles. The highest BCUT2D eigenvalue weighted by molar-refractivity contribution is 5.83. The number of nitrogens with zero attached hydrogens (tertiary/aromatic N) is 1. The van der Waals surface area contributed by atoms with E-state index in [1.807, 2.05) is 0 Å². The smallest absolute Gasteiger partial charge is 0.481 e. The molecule has 1 aromatic carbocycles. The van der Waals surface area contributed by atoms with Crippen LogP contribution in [0.4, 0.5) is 13.2 Å². The molecule has 1 amide bonds. The average Bonchev–Trinajstić information content (AvgIpc) is 3.23. The standard InChI is InChI=1S/C15H16F3NO4/c1-19(7-6-13(20)21)14(22)11-8-10(11)9-4-2-3-5-12(9)23-15(16,17)18/h2-5,10-11H,6-8H2,1H3,(H,20,21). The minimum atomic E-state index is -4.79. The molecule has 23 heavy (non-hydrogen) atoms. The molecule has 1 aromatic rings. The van der Waals surface area contributed by atoms with E-state index in [-0.39, 0.29) is 30.5 Å². The summed E-state index contributed by atoms with van der Waals surface area (Å²) in [5.41, 5.74) is 0.342. The molecule has 2 rings (SSSR count). The maximum atomic E-state index is 12.4. The third kappa shape index (κ3) is 4.61. The number of benzene rings is 1. The Morgan fingerprint density at radius 1 is 1.35 bits per heavy atom. The molecule has 2 atom stereocenters. The number of alkyl halides is 3. The van der Waals surface area contributed by atoms with Gasteiger partial charge in [-0.1, -0.05) is 18.2 Å². The SMILES string of the molecule is CN(CCC(=O)O)C(=O)C1CC1c1ccccc1OC(F)(F)F. The quantitative estimate of drug-likeness (QED) is 0.870. The van der Waals surface area contributed by atoms with Gasteiger partial charge < -0.3 is 14.7 Å². The van der Waals surface area contributed by atoms with E-state index < -0.39 is 18.2 Å². The summed E-state index contributed by atoms with van der Waals surface area (Å²) in [6.07, 6.45) is -4.54. The number of rotatable bonds is 6. The van der Waals surface area contributed by atoms with Crippen LogP contribution in [-0.4, -0.2) is 41.8 Å². The van der Waals surface area contributed by atoms with Gasteiger partial charge in [-0.25, -0.2) is 0 Å². The van der Waals surface area contributed by atoms with E-state index in [2.05, 4.69) is 4.74 Å². The number of carboxylic acid groups (broad SMARTS) is 1. The number of amides is 1. The Balaban J connectivity index is 2.03. The molecule has 8 heteroatoms. The topological polar surface area (TPSA) is 66.8 Å². The van der Waals surface area contributed by atoms with Crippen LogP contribution < -0.4 is 4.74 Å². The summed E-state index contributed by atoms with van der Waals surface area (Å²) in [6, 6.07) is 5.75. The fourth-order valence-electron chi connectivity index (χ4n) is 2.47. The molecule has 1 fully saturated rings. The maximum Gasteiger partial charge on any atom is 0.573 e. The minimum absolute atomic E-state index is 0.0675. The molecule has 126 valence electrons. The van der Waals surface area contributed by atoms with Gasteiger partial charge in [-0.2, -0.15) is 0 Å². The van der Waals surface area contributed by atoms with Crippen LogP contribution >= 0.6 is 0 Å². The number of carbonyl (C=O) groups excluding carboxylic acids is 1. The van der Waals surface area contributed by atoms with Crippen LogP contribution in [0, 0.1) is 5.92 Å². The molecule has 2 unspecified atom stereocenters. The Kier molecular flexibility index (Phi) is 4.82. The Morgan fingerprint density at radius 2 is 2.00 bits per heavy atom. The van der Waals surface area contributed by atoms with Crippen molar-refractivity contribution in [3.8, 4) is 5.75 Å². The van der Waals surface area contributed by atoms with Crippen molar-refractivity contribution in [1.82, 2.24) is 4.90 Å². The normalized spacial score (nSPS) is 20.0. The van der Waals surface area contributed by atoms with E-state index in [0.717, 1.165) is 0 Å². The second-order valence-electron chi connectivity index (χ2n) is 5.44. The lowest BCUT2D eigenvalue weighted by molar-refractivity contribution is -0.274. The predicted molar refractivity (Wildman–Crippen MR) is 73.9 cm³/mol. The maximum absolute atomic E-state index is 12.4. The van der Waals surface area contributed by atoms with E-state index in [0.29, 0.717) is 12.0 Å². The van der Waals surface area contributed by atoms with Crippen molar-refractivity contribution in [2.24, 2.45) is 5.92 Å².